The van der Waals surface area contributed by atoms with Crippen LogP contribution in [-0.4, -0.2) is 5.11 Å². The fourth-order valence-corrected chi connectivity index (χ4v) is 2.61. The molecule has 0 heterocycles. The van der Waals surface area contributed by atoms with Crippen LogP contribution < -0.4 is 0 Å². The molecular weight excluding hydrogens is 184 g/mol. The van der Waals surface area contributed by atoms with Crippen molar-refractivity contribution in [2.75, 3.05) is 0 Å². The highest BCUT2D eigenvalue weighted by molar-refractivity contribution is 5.24. The molecule has 1 nitrogen and oxygen atoms in total. The standard InChI is InChI=1S/C14H20O/c1-11-5-7-12(8-6-11)13(15)14(2)9-3-4-10-14/h5-8,13,15H,3-4,9-10H2,1-2H3. The van der Waals surface area contributed by atoms with Crippen LogP contribution >= 0.6 is 0 Å². The number of aliphatic hydroxyl groups excluding tert-OH is 1. The maximum Gasteiger partial charge on any atom is 0.0843 e. The minimum Gasteiger partial charge on any atom is -0.388 e. The van der Waals surface area contributed by atoms with Gasteiger partial charge in [0.2, 0.25) is 0 Å². The number of hydrogen-bond acceptors (Lipinski definition) is 1. The zero-order valence-corrected chi connectivity index (χ0v) is 9.66. The third-order valence-electron chi connectivity index (χ3n) is 3.80. The van der Waals surface area contributed by atoms with E-state index in [0.29, 0.717) is 0 Å². The van der Waals surface area contributed by atoms with Crippen LogP contribution in [0.4, 0.5) is 0 Å². The lowest BCUT2D eigenvalue weighted by molar-refractivity contribution is 0.0408. The predicted molar refractivity (Wildman–Crippen MR) is 62.7 cm³/mol. The summed E-state index contributed by atoms with van der Waals surface area (Å²) in [6.45, 7) is 4.29. The van der Waals surface area contributed by atoms with E-state index in [4.69, 9.17) is 0 Å². The summed E-state index contributed by atoms with van der Waals surface area (Å²) in [5.41, 5.74) is 2.43. The number of rotatable bonds is 2. The summed E-state index contributed by atoms with van der Waals surface area (Å²) in [6.07, 6.45) is 4.55. The highest BCUT2D eigenvalue weighted by atomic mass is 16.3. The third-order valence-corrected chi connectivity index (χ3v) is 3.80. The second-order valence-corrected chi connectivity index (χ2v) is 5.17. The lowest BCUT2D eigenvalue weighted by Crippen LogP contribution is -2.21. The lowest BCUT2D eigenvalue weighted by Gasteiger charge is -2.30. The first-order valence-electron chi connectivity index (χ1n) is 5.86. The SMILES string of the molecule is Cc1ccc(C(O)C2(C)CCCC2)cc1. The van der Waals surface area contributed by atoms with Crippen LogP contribution in [0.5, 0.6) is 0 Å². The topological polar surface area (TPSA) is 20.2 Å². The van der Waals surface area contributed by atoms with Gasteiger partial charge in [-0.05, 0) is 30.7 Å². The van der Waals surface area contributed by atoms with Crippen molar-refractivity contribution in [3.63, 3.8) is 0 Å². The van der Waals surface area contributed by atoms with Crippen molar-refractivity contribution in [2.24, 2.45) is 5.41 Å². The molecule has 0 amide bonds. The molecule has 0 saturated heterocycles. The van der Waals surface area contributed by atoms with Crippen molar-refractivity contribution in [3.8, 4) is 0 Å². The maximum atomic E-state index is 10.4. The molecule has 1 aromatic rings. The molecule has 82 valence electrons. The first-order valence-corrected chi connectivity index (χ1v) is 5.86. The van der Waals surface area contributed by atoms with Gasteiger partial charge in [-0.2, -0.15) is 0 Å². The van der Waals surface area contributed by atoms with Crippen LogP contribution in [0.15, 0.2) is 24.3 Å². The third kappa shape index (κ3) is 2.07. The van der Waals surface area contributed by atoms with Gasteiger partial charge in [-0.1, -0.05) is 49.6 Å². The molecule has 0 spiro atoms. The van der Waals surface area contributed by atoms with Crippen LogP contribution in [0, 0.1) is 12.3 Å². The molecule has 0 bridgehead atoms. The van der Waals surface area contributed by atoms with Crippen LogP contribution in [0.25, 0.3) is 0 Å². The van der Waals surface area contributed by atoms with Gasteiger partial charge in [0.15, 0.2) is 0 Å². The quantitative estimate of drug-likeness (QED) is 0.780. The van der Waals surface area contributed by atoms with Crippen molar-refractivity contribution in [1.29, 1.82) is 0 Å². The second-order valence-electron chi connectivity index (χ2n) is 5.17. The van der Waals surface area contributed by atoms with E-state index in [1.807, 2.05) is 0 Å². The highest BCUT2D eigenvalue weighted by Gasteiger charge is 2.36. The van der Waals surface area contributed by atoms with E-state index in [1.165, 1.54) is 18.4 Å². The summed E-state index contributed by atoms with van der Waals surface area (Å²) < 4.78 is 0. The zero-order valence-electron chi connectivity index (χ0n) is 9.66. The molecule has 1 N–H and O–H groups in total. The van der Waals surface area contributed by atoms with Gasteiger partial charge in [0, 0.05) is 0 Å². The van der Waals surface area contributed by atoms with Gasteiger partial charge in [0.05, 0.1) is 6.10 Å². The Morgan fingerprint density at radius 3 is 2.20 bits per heavy atom. The van der Waals surface area contributed by atoms with Crippen molar-refractivity contribution in [3.05, 3.63) is 35.4 Å². The Kier molecular flexibility index (Phi) is 2.83. The smallest absolute Gasteiger partial charge is 0.0843 e. The summed E-state index contributed by atoms with van der Waals surface area (Å²) in [5.74, 6) is 0. The molecule has 1 aromatic carbocycles. The molecule has 1 aliphatic carbocycles. The molecule has 1 heteroatoms. The Hall–Kier alpha value is -0.820. The summed E-state index contributed by atoms with van der Waals surface area (Å²) in [7, 11) is 0. The van der Waals surface area contributed by atoms with E-state index >= 15 is 0 Å². The molecule has 2 rings (SSSR count). The van der Waals surface area contributed by atoms with Gasteiger partial charge in [-0.25, -0.2) is 0 Å². The van der Waals surface area contributed by atoms with Crippen LogP contribution in [-0.2, 0) is 0 Å². The van der Waals surface area contributed by atoms with Crippen LogP contribution in [0.1, 0.15) is 49.8 Å². The highest BCUT2D eigenvalue weighted by Crippen LogP contribution is 2.46. The monoisotopic (exact) mass is 204 g/mol. The van der Waals surface area contributed by atoms with E-state index in [2.05, 4.69) is 38.1 Å². The predicted octanol–water partition coefficient (Wildman–Crippen LogP) is 3.61. The Bertz CT molecular complexity index is 320. The fourth-order valence-electron chi connectivity index (χ4n) is 2.61. The Morgan fingerprint density at radius 1 is 1.13 bits per heavy atom. The van der Waals surface area contributed by atoms with Gasteiger partial charge in [-0.15, -0.1) is 0 Å². The van der Waals surface area contributed by atoms with E-state index < -0.39 is 0 Å². The van der Waals surface area contributed by atoms with Crippen molar-refractivity contribution >= 4 is 0 Å². The van der Waals surface area contributed by atoms with Crippen LogP contribution in [0.2, 0.25) is 0 Å². The molecule has 1 atom stereocenters. The normalized spacial score (nSPS) is 21.5. The number of aryl methyl sites for hydroxylation is 1. The van der Waals surface area contributed by atoms with Gasteiger partial charge in [0.25, 0.3) is 0 Å². The summed E-state index contributed by atoms with van der Waals surface area (Å²) in [4.78, 5) is 0. The molecule has 0 radical (unpaired) electrons. The molecular formula is C14H20O. The Balaban J connectivity index is 2.19. The van der Waals surface area contributed by atoms with Gasteiger partial charge < -0.3 is 5.11 Å². The fraction of sp³-hybridized carbons (Fsp3) is 0.571. The van der Waals surface area contributed by atoms with E-state index in [-0.39, 0.29) is 11.5 Å². The minimum absolute atomic E-state index is 0.106. The first kappa shape index (κ1) is 10.7. The van der Waals surface area contributed by atoms with E-state index in [1.54, 1.807) is 0 Å². The van der Waals surface area contributed by atoms with E-state index in [9.17, 15) is 5.11 Å². The van der Waals surface area contributed by atoms with Gasteiger partial charge in [-0.3, -0.25) is 0 Å². The molecule has 1 saturated carbocycles. The largest absolute Gasteiger partial charge is 0.388 e. The summed E-state index contributed by atoms with van der Waals surface area (Å²) in [5, 5.41) is 10.4. The Morgan fingerprint density at radius 2 is 1.67 bits per heavy atom. The average molecular weight is 204 g/mol. The van der Waals surface area contributed by atoms with Crippen molar-refractivity contribution in [2.45, 2.75) is 45.6 Å². The molecule has 1 aliphatic rings. The second kappa shape index (κ2) is 3.97. The molecule has 0 aliphatic heterocycles. The summed E-state index contributed by atoms with van der Waals surface area (Å²) in [6, 6.07) is 8.28. The number of aliphatic hydroxyl groups is 1. The molecule has 1 unspecified atom stereocenters. The zero-order chi connectivity index (χ0) is 10.9. The van der Waals surface area contributed by atoms with E-state index in [0.717, 1.165) is 18.4 Å². The van der Waals surface area contributed by atoms with Crippen molar-refractivity contribution in [1.82, 2.24) is 0 Å². The van der Waals surface area contributed by atoms with Gasteiger partial charge in [0.1, 0.15) is 0 Å². The lowest BCUT2D eigenvalue weighted by atomic mass is 9.79. The van der Waals surface area contributed by atoms with Gasteiger partial charge >= 0.3 is 0 Å². The molecule has 15 heavy (non-hydrogen) atoms. The van der Waals surface area contributed by atoms with Crippen molar-refractivity contribution < 1.29 is 5.11 Å². The average Bonchev–Trinajstić information content (AvgIpc) is 2.67. The minimum atomic E-state index is -0.291. The molecule has 0 aromatic heterocycles. The first-order chi connectivity index (χ1) is 7.12. The molecule has 1 fully saturated rings. The number of hydrogen-bond donors (Lipinski definition) is 1. The number of benzene rings is 1. The maximum absolute atomic E-state index is 10.4. The van der Waals surface area contributed by atoms with Crippen LogP contribution in [0.3, 0.4) is 0 Å². The Labute approximate surface area is 92.1 Å². The summed E-state index contributed by atoms with van der Waals surface area (Å²) >= 11 is 0.